The van der Waals surface area contributed by atoms with Crippen LogP contribution in [0.5, 0.6) is 0 Å². The van der Waals surface area contributed by atoms with Gasteiger partial charge >= 0.3 is 0 Å². The Balaban J connectivity index is 3.51. The Labute approximate surface area is 99.3 Å². The number of hydrogen-bond acceptors (Lipinski definition) is 3. The molecule has 3 heteroatoms. The summed E-state index contributed by atoms with van der Waals surface area (Å²) in [4.78, 5) is 15.1. The summed E-state index contributed by atoms with van der Waals surface area (Å²) in [6.45, 7) is 4.55. The Morgan fingerprint density at radius 3 is 2.31 bits per heavy atom. The second-order valence-electron chi connectivity index (χ2n) is 4.13. The third-order valence-corrected chi connectivity index (χ3v) is 2.44. The number of hydrogen-bond donors (Lipinski definition) is 0. The summed E-state index contributed by atoms with van der Waals surface area (Å²) in [7, 11) is 1.57. The third kappa shape index (κ3) is 9.69. The molecule has 0 aliphatic carbocycles. The zero-order valence-corrected chi connectivity index (χ0v) is 10.9. The quantitative estimate of drug-likeness (QED) is 0.344. The first-order chi connectivity index (χ1) is 7.70. The molecule has 0 atom stereocenters. The topological polar surface area (TPSA) is 38.7 Å². The van der Waals surface area contributed by atoms with Crippen LogP contribution in [0.15, 0.2) is 4.99 Å². The van der Waals surface area contributed by atoms with Crippen molar-refractivity contribution in [3.63, 3.8) is 0 Å². The largest absolute Gasteiger partial charge is 0.484 e. The fourth-order valence-corrected chi connectivity index (χ4v) is 1.50. The molecule has 0 spiro atoms. The SMILES string of the molecule is CCCCCCCC/N=C(/CC(C)=O)OC. The first kappa shape index (κ1) is 15.1. The summed E-state index contributed by atoms with van der Waals surface area (Å²) in [6.07, 6.45) is 7.87. The van der Waals surface area contributed by atoms with Gasteiger partial charge in [0.15, 0.2) is 5.90 Å². The number of unbranched alkanes of at least 4 members (excludes halogenated alkanes) is 5. The zero-order chi connectivity index (χ0) is 12.2. The molecule has 0 saturated carbocycles. The average molecular weight is 227 g/mol. The molecule has 0 aromatic rings. The van der Waals surface area contributed by atoms with Crippen molar-refractivity contribution < 1.29 is 9.53 Å². The van der Waals surface area contributed by atoms with E-state index in [9.17, 15) is 4.79 Å². The minimum absolute atomic E-state index is 0.101. The van der Waals surface area contributed by atoms with Crippen LogP contribution in [0.1, 0.15) is 58.8 Å². The molecule has 0 aromatic carbocycles. The predicted molar refractivity (Wildman–Crippen MR) is 68.0 cm³/mol. The average Bonchev–Trinajstić information content (AvgIpc) is 2.25. The normalized spacial score (nSPS) is 11.6. The van der Waals surface area contributed by atoms with Crippen molar-refractivity contribution in [2.24, 2.45) is 4.99 Å². The number of nitrogens with zero attached hydrogens (tertiary/aromatic N) is 1. The van der Waals surface area contributed by atoms with Gasteiger partial charge in [-0.3, -0.25) is 9.79 Å². The number of ether oxygens (including phenoxy) is 1. The lowest BCUT2D eigenvalue weighted by Gasteiger charge is -2.03. The van der Waals surface area contributed by atoms with Gasteiger partial charge < -0.3 is 4.74 Å². The molecule has 0 N–H and O–H groups in total. The first-order valence-corrected chi connectivity index (χ1v) is 6.27. The van der Waals surface area contributed by atoms with Crippen LogP contribution in [-0.4, -0.2) is 25.3 Å². The summed E-state index contributed by atoms with van der Waals surface area (Å²) < 4.78 is 5.04. The fraction of sp³-hybridized carbons (Fsp3) is 0.846. The highest BCUT2D eigenvalue weighted by atomic mass is 16.5. The Bertz CT molecular complexity index is 212. The summed E-state index contributed by atoms with van der Waals surface area (Å²) in [5, 5.41) is 0. The lowest BCUT2D eigenvalue weighted by Crippen LogP contribution is -2.07. The molecule has 0 unspecified atom stereocenters. The van der Waals surface area contributed by atoms with E-state index in [1.165, 1.54) is 32.1 Å². The van der Waals surface area contributed by atoms with Crippen LogP contribution in [0.4, 0.5) is 0 Å². The third-order valence-electron chi connectivity index (χ3n) is 2.44. The van der Waals surface area contributed by atoms with Gasteiger partial charge in [-0.15, -0.1) is 0 Å². The maximum atomic E-state index is 10.9. The van der Waals surface area contributed by atoms with E-state index in [1.807, 2.05) is 0 Å². The van der Waals surface area contributed by atoms with Crippen molar-refractivity contribution >= 4 is 11.7 Å². The minimum atomic E-state index is 0.101. The summed E-state index contributed by atoms with van der Waals surface area (Å²) >= 11 is 0. The lowest BCUT2D eigenvalue weighted by molar-refractivity contribution is -0.116. The van der Waals surface area contributed by atoms with E-state index in [0.29, 0.717) is 12.3 Å². The van der Waals surface area contributed by atoms with Crippen LogP contribution in [0, 0.1) is 0 Å². The second kappa shape index (κ2) is 10.7. The molecule has 0 fully saturated rings. The van der Waals surface area contributed by atoms with E-state index in [-0.39, 0.29) is 5.78 Å². The maximum Gasteiger partial charge on any atom is 0.190 e. The summed E-state index contributed by atoms with van der Waals surface area (Å²) in [6, 6.07) is 0. The number of carbonyl (C=O) groups excluding carboxylic acids is 1. The van der Waals surface area contributed by atoms with E-state index in [4.69, 9.17) is 4.74 Å². The molecule has 0 amide bonds. The highest BCUT2D eigenvalue weighted by Crippen LogP contribution is 2.05. The Morgan fingerprint density at radius 1 is 1.12 bits per heavy atom. The van der Waals surface area contributed by atoms with Gasteiger partial charge in [-0.25, -0.2) is 0 Å². The van der Waals surface area contributed by atoms with Crippen LogP contribution < -0.4 is 0 Å². The number of carbonyl (C=O) groups is 1. The zero-order valence-electron chi connectivity index (χ0n) is 10.9. The number of methoxy groups -OCH3 is 1. The molecule has 0 aliphatic heterocycles. The van der Waals surface area contributed by atoms with Crippen molar-refractivity contribution in [3.05, 3.63) is 0 Å². The molecule has 0 rings (SSSR count). The molecule has 3 nitrogen and oxygen atoms in total. The van der Waals surface area contributed by atoms with Crippen molar-refractivity contribution in [1.82, 2.24) is 0 Å². The van der Waals surface area contributed by atoms with Gasteiger partial charge in [0.25, 0.3) is 0 Å². The fourth-order valence-electron chi connectivity index (χ4n) is 1.50. The van der Waals surface area contributed by atoms with E-state index in [1.54, 1.807) is 14.0 Å². The van der Waals surface area contributed by atoms with Gasteiger partial charge in [-0.05, 0) is 13.3 Å². The molecule has 0 saturated heterocycles. The van der Waals surface area contributed by atoms with Crippen LogP contribution >= 0.6 is 0 Å². The van der Waals surface area contributed by atoms with E-state index < -0.39 is 0 Å². The lowest BCUT2D eigenvalue weighted by atomic mass is 10.1. The molecular weight excluding hydrogens is 202 g/mol. The second-order valence-corrected chi connectivity index (χ2v) is 4.13. The molecule has 0 aromatic heterocycles. The molecule has 16 heavy (non-hydrogen) atoms. The van der Waals surface area contributed by atoms with Gasteiger partial charge in [-0.2, -0.15) is 0 Å². The summed E-state index contributed by atoms with van der Waals surface area (Å²) in [5.74, 6) is 0.671. The van der Waals surface area contributed by atoms with Gasteiger partial charge in [0, 0.05) is 6.54 Å². The monoisotopic (exact) mass is 227 g/mol. The first-order valence-electron chi connectivity index (χ1n) is 6.27. The van der Waals surface area contributed by atoms with Crippen LogP contribution in [-0.2, 0) is 9.53 Å². The van der Waals surface area contributed by atoms with Crippen molar-refractivity contribution in [2.75, 3.05) is 13.7 Å². The van der Waals surface area contributed by atoms with Crippen molar-refractivity contribution in [2.45, 2.75) is 58.8 Å². The molecule has 0 radical (unpaired) electrons. The standard InChI is InChI=1S/C13H25NO2/c1-4-5-6-7-8-9-10-14-13(16-3)11-12(2)15/h4-11H2,1-3H3/b14-13-. The van der Waals surface area contributed by atoms with Crippen LogP contribution in [0.3, 0.4) is 0 Å². The number of Topliss-reactive ketones (excluding diaryl/α,β-unsaturated/α-hetero) is 1. The van der Waals surface area contributed by atoms with E-state index >= 15 is 0 Å². The number of rotatable bonds is 9. The molecular formula is C13H25NO2. The maximum absolute atomic E-state index is 10.9. The smallest absolute Gasteiger partial charge is 0.190 e. The minimum Gasteiger partial charge on any atom is -0.484 e. The van der Waals surface area contributed by atoms with E-state index in [2.05, 4.69) is 11.9 Å². The van der Waals surface area contributed by atoms with Gasteiger partial charge in [-0.1, -0.05) is 39.0 Å². The van der Waals surface area contributed by atoms with E-state index in [0.717, 1.165) is 13.0 Å². The Hall–Kier alpha value is -0.860. The number of aliphatic imine (C=N–C) groups is 1. The van der Waals surface area contributed by atoms with Gasteiger partial charge in [0.2, 0.25) is 0 Å². The highest BCUT2D eigenvalue weighted by molar-refractivity contribution is 5.96. The Morgan fingerprint density at radius 2 is 1.75 bits per heavy atom. The number of ketones is 1. The van der Waals surface area contributed by atoms with Crippen LogP contribution in [0.2, 0.25) is 0 Å². The van der Waals surface area contributed by atoms with Crippen LogP contribution in [0.25, 0.3) is 0 Å². The molecule has 94 valence electrons. The Kier molecular flexibility index (Phi) is 10.1. The van der Waals surface area contributed by atoms with Gasteiger partial charge in [0.05, 0.1) is 13.5 Å². The molecule has 0 aliphatic rings. The van der Waals surface area contributed by atoms with Gasteiger partial charge in [0.1, 0.15) is 5.78 Å². The summed E-state index contributed by atoms with van der Waals surface area (Å²) in [5.41, 5.74) is 0. The van der Waals surface area contributed by atoms with Crippen molar-refractivity contribution in [1.29, 1.82) is 0 Å². The highest BCUT2D eigenvalue weighted by Gasteiger charge is 2.01. The molecule has 0 heterocycles. The predicted octanol–water partition coefficient (Wildman–Crippen LogP) is 3.37. The van der Waals surface area contributed by atoms with Crippen molar-refractivity contribution in [3.8, 4) is 0 Å². The molecule has 0 bridgehead atoms.